The van der Waals surface area contributed by atoms with Gasteiger partial charge in [-0.1, -0.05) is 0 Å². The van der Waals surface area contributed by atoms with Crippen LogP contribution in [-0.2, 0) is 10.1 Å². The molecule has 9 heavy (non-hydrogen) atoms. The van der Waals surface area contributed by atoms with Crippen molar-refractivity contribution in [2.75, 3.05) is 5.75 Å². The van der Waals surface area contributed by atoms with E-state index >= 15 is 0 Å². The minimum atomic E-state index is -4.05. The molecule has 7 heteroatoms. The molecule has 0 atom stereocenters. The molecule has 0 amide bonds. The zero-order valence-corrected chi connectivity index (χ0v) is 11.0. The van der Waals surface area contributed by atoms with Gasteiger partial charge in [0.2, 0.25) is 0 Å². The Hall–Kier alpha value is 1.41. The molecule has 0 aliphatic carbocycles. The van der Waals surface area contributed by atoms with Gasteiger partial charge in [0.05, 0.1) is 0 Å². The van der Waals surface area contributed by atoms with Crippen molar-refractivity contribution < 1.29 is 46.7 Å². The molecular weight excluding hydrogens is 216 g/mol. The Morgan fingerprint density at radius 2 is 2.00 bits per heavy atom. The molecule has 0 aromatic carbocycles. The molecule has 0 aromatic heterocycles. The summed E-state index contributed by atoms with van der Waals surface area (Å²) in [5.74, 6) is -0.385. The van der Waals surface area contributed by atoms with Crippen LogP contribution in [0.4, 0.5) is 0 Å². The van der Waals surface area contributed by atoms with Crippen molar-refractivity contribution >= 4 is 25.9 Å². The van der Waals surface area contributed by atoms with E-state index < -0.39 is 25.9 Å². The zero-order valence-electron chi connectivity index (χ0n) is 5.20. The molecule has 0 rings (SSSR count). The molecule has 0 fully saturated rings. The first kappa shape index (κ1) is 13.0. The van der Waals surface area contributed by atoms with Crippen LogP contribution in [0.15, 0.2) is 0 Å². The fourth-order valence-corrected chi connectivity index (χ4v) is 3.76. The van der Waals surface area contributed by atoms with Crippen LogP contribution in [0.3, 0.4) is 0 Å². The second-order valence-electron chi connectivity index (χ2n) is 1.34. The fourth-order valence-electron chi connectivity index (χ4n) is 0.241. The van der Waals surface area contributed by atoms with Gasteiger partial charge in [-0.2, -0.15) is 0 Å². The van der Waals surface area contributed by atoms with Gasteiger partial charge >= 0.3 is 83.6 Å². The smallest absolute Gasteiger partial charge is 1.00 e. The van der Waals surface area contributed by atoms with Crippen molar-refractivity contribution in [3.05, 3.63) is 0 Å². The van der Waals surface area contributed by atoms with Gasteiger partial charge in [0, 0.05) is 0 Å². The van der Waals surface area contributed by atoms with Crippen molar-refractivity contribution in [3.8, 4) is 0 Å². The van der Waals surface area contributed by atoms with Gasteiger partial charge in [-0.25, -0.2) is 0 Å². The van der Waals surface area contributed by atoms with E-state index in [1.807, 2.05) is 0 Å². The van der Waals surface area contributed by atoms with Gasteiger partial charge in [0.15, 0.2) is 0 Å². The topological polar surface area (TPSA) is 77.4 Å². The molecule has 0 saturated heterocycles. The van der Waals surface area contributed by atoms with Gasteiger partial charge in [0.1, 0.15) is 0 Å². The summed E-state index contributed by atoms with van der Waals surface area (Å²) in [4.78, 5) is 0. The second-order valence-corrected chi connectivity index (χ2v) is 5.28. The van der Waals surface area contributed by atoms with Crippen molar-refractivity contribution in [1.29, 1.82) is 0 Å². The molecule has 0 aliphatic heterocycles. The average Bonchev–Trinajstić information content (AvgIpc) is 1.59. The Balaban J connectivity index is 0. The Kier molecular flexibility index (Phi) is 8.90. The largest absolute Gasteiger partial charge is 1.00 e. The number of hydrogen-bond acceptors (Lipinski definition) is 4. The molecule has 0 saturated carbocycles. The van der Waals surface area contributed by atoms with E-state index in [1.54, 1.807) is 0 Å². The van der Waals surface area contributed by atoms with E-state index in [0.29, 0.717) is 0 Å². The molecular formula is C2H7GeNaO4S. The summed E-state index contributed by atoms with van der Waals surface area (Å²) >= 11 is -1.59. The summed E-state index contributed by atoms with van der Waals surface area (Å²) in [7, 11) is -4.05. The Morgan fingerprint density at radius 3 is 2.11 bits per heavy atom. The quantitative estimate of drug-likeness (QED) is 0.384. The summed E-state index contributed by atoms with van der Waals surface area (Å²) in [5.41, 5.74) is 0. The van der Waals surface area contributed by atoms with E-state index in [-0.39, 0.29) is 40.6 Å². The molecule has 0 unspecified atom stereocenters. The first-order valence-electron chi connectivity index (χ1n) is 2.10. The summed E-state index contributed by atoms with van der Waals surface area (Å²) in [5, 5.41) is 0.221. The zero-order chi connectivity index (χ0) is 6.62. The SMILES string of the molecule is O=S(=O)([O-])C[CH2][GeH2][OH].[Na+]. The van der Waals surface area contributed by atoms with Crippen LogP contribution in [0.5, 0.6) is 0 Å². The monoisotopic (exact) mass is 224 g/mol. The second kappa shape index (κ2) is 6.14. The third kappa shape index (κ3) is 12.6. The van der Waals surface area contributed by atoms with Gasteiger partial charge in [-0.15, -0.1) is 0 Å². The standard InChI is InChI=1S/C2H8GeO4S.Na/c4-3-1-2-8(5,6)7;/h4H,1-3H2,(H,5,6,7);/q;+1/p-1. The first-order chi connectivity index (χ1) is 3.56. The van der Waals surface area contributed by atoms with Crippen molar-refractivity contribution in [3.63, 3.8) is 0 Å². The summed E-state index contributed by atoms with van der Waals surface area (Å²) in [6, 6.07) is 0. The maximum Gasteiger partial charge on any atom is 1.00 e. The Morgan fingerprint density at radius 1 is 1.56 bits per heavy atom. The van der Waals surface area contributed by atoms with E-state index in [4.69, 9.17) is 4.13 Å². The minimum absolute atomic E-state index is 0. The van der Waals surface area contributed by atoms with E-state index in [1.165, 1.54) is 0 Å². The minimum Gasteiger partial charge on any atom is 1.00 e. The van der Waals surface area contributed by atoms with E-state index in [9.17, 15) is 13.0 Å². The summed E-state index contributed by atoms with van der Waals surface area (Å²) < 4.78 is 37.5. The molecule has 0 bridgehead atoms. The van der Waals surface area contributed by atoms with E-state index in [2.05, 4.69) is 0 Å². The van der Waals surface area contributed by atoms with Crippen molar-refractivity contribution in [2.45, 2.75) is 5.25 Å². The van der Waals surface area contributed by atoms with Crippen LogP contribution in [0.25, 0.3) is 0 Å². The fraction of sp³-hybridized carbons (Fsp3) is 1.00. The summed E-state index contributed by atoms with van der Waals surface area (Å²) in [6.45, 7) is 0. The van der Waals surface area contributed by atoms with E-state index in [0.717, 1.165) is 0 Å². The predicted octanol–water partition coefficient (Wildman–Crippen LogP) is -4.97. The van der Waals surface area contributed by atoms with Crippen LogP contribution < -0.4 is 29.6 Å². The third-order valence-corrected chi connectivity index (χ3v) is 3.82. The van der Waals surface area contributed by atoms with Crippen LogP contribution in [0.1, 0.15) is 0 Å². The Labute approximate surface area is 82.9 Å². The van der Waals surface area contributed by atoms with Crippen LogP contribution >= 0.6 is 0 Å². The molecule has 0 aromatic rings. The van der Waals surface area contributed by atoms with Gasteiger partial charge in [0.25, 0.3) is 0 Å². The van der Waals surface area contributed by atoms with Crippen molar-refractivity contribution in [1.82, 2.24) is 0 Å². The van der Waals surface area contributed by atoms with Gasteiger partial charge in [-0.3, -0.25) is 0 Å². The third-order valence-electron chi connectivity index (χ3n) is 0.552. The molecule has 0 heterocycles. The average molecular weight is 223 g/mol. The molecule has 0 radical (unpaired) electrons. The molecule has 50 valence electrons. The number of hydrogen-bond donors (Lipinski definition) is 1. The number of rotatable bonds is 3. The predicted molar refractivity (Wildman–Crippen MR) is 30.1 cm³/mol. The molecule has 4 nitrogen and oxygen atoms in total. The van der Waals surface area contributed by atoms with Gasteiger partial charge < -0.3 is 0 Å². The first-order valence-corrected chi connectivity index (χ1v) is 7.11. The summed E-state index contributed by atoms with van der Waals surface area (Å²) in [6.07, 6.45) is 0. The normalized spacial score (nSPS) is 11.8. The molecule has 0 spiro atoms. The molecule has 0 aliphatic rings. The Bertz CT molecular complexity index is 143. The maximum atomic E-state index is 9.75. The maximum absolute atomic E-state index is 9.75. The van der Waals surface area contributed by atoms with Crippen LogP contribution in [0.2, 0.25) is 5.25 Å². The van der Waals surface area contributed by atoms with Crippen LogP contribution in [0, 0.1) is 0 Å². The van der Waals surface area contributed by atoms with Gasteiger partial charge in [-0.05, 0) is 0 Å². The van der Waals surface area contributed by atoms with Crippen LogP contribution in [-0.4, -0.2) is 38.6 Å². The molecule has 1 N–H and O–H groups in total. The van der Waals surface area contributed by atoms with Crippen molar-refractivity contribution in [2.24, 2.45) is 0 Å².